The van der Waals surface area contributed by atoms with Gasteiger partial charge >= 0.3 is 0 Å². The van der Waals surface area contributed by atoms with Crippen LogP contribution in [0.1, 0.15) is 31.2 Å². The summed E-state index contributed by atoms with van der Waals surface area (Å²) in [6, 6.07) is 17.8. The number of amides is 2. The summed E-state index contributed by atoms with van der Waals surface area (Å²) in [5.41, 5.74) is 2.01. The van der Waals surface area contributed by atoms with Gasteiger partial charge in [0.15, 0.2) is 0 Å². The molecule has 0 aliphatic carbocycles. The van der Waals surface area contributed by atoms with Crippen molar-refractivity contribution in [2.45, 2.75) is 38.3 Å². The number of benzene rings is 2. The van der Waals surface area contributed by atoms with Crippen molar-refractivity contribution in [2.24, 2.45) is 0 Å². The minimum Gasteiger partial charge on any atom is -0.497 e. The molecular weight excluding hydrogens is 366 g/mol. The van der Waals surface area contributed by atoms with Gasteiger partial charge in [0, 0.05) is 44.2 Å². The van der Waals surface area contributed by atoms with Gasteiger partial charge in [-0.05, 0) is 42.7 Å². The Morgan fingerprint density at radius 2 is 1.62 bits per heavy atom. The molecule has 0 aromatic heterocycles. The summed E-state index contributed by atoms with van der Waals surface area (Å²) in [5, 5.41) is 5.88. The summed E-state index contributed by atoms with van der Waals surface area (Å²) < 4.78 is 5.09. The van der Waals surface area contributed by atoms with Crippen LogP contribution in [0.2, 0.25) is 0 Å². The molecule has 0 unspecified atom stereocenters. The van der Waals surface area contributed by atoms with Crippen LogP contribution in [0, 0.1) is 0 Å². The van der Waals surface area contributed by atoms with E-state index >= 15 is 0 Å². The fourth-order valence-electron chi connectivity index (χ4n) is 3.50. The van der Waals surface area contributed by atoms with Gasteiger partial charge in [-0.1, -0.05) is 30.3 Å². The number of methoxy groups -OCH3 is 1. The first kappa shape index (κ1) is 20.9. The number of rotatable bonds is 8. The van der Waals surface area contributed by atoms with E-state index in [1.165, 1.54) is 5.56 Å². The smallest absolute Gasteiger partial charge is 0.224 e. The predicted molar refractivity (Wildman–Crippen MR) is 114 cm³/mol. The Balaban J connectivity index is 1.33. The maximum Gasteiger partial charge on any atom is 0.224 e. The third-order valence-electron chi connectivity index (χ3n) is 5.15. The lowest BCUT2D eigenvalue weighted by atomic mass is 10.0. The van der Waals surface area contributed by atoms with E-state index < -0.39 is 0 Å². The first-order valence-corrected chi connectivity index (χ1v) is 10.1. The van der Waals surface area contributed by atoms with Crippen molar-refractivity contribution in [2.75, 3.05) is 25.5 Å². The van der Waals surface area contributed by atoms with E-state index in [2.05, 4.69) is 39.8 Å². The standard InChI is InChI=1S/C23H29N3O3/c1-29-21-9-7-19(8-10-21)24-22(27)11-12-23(28)25-20-13-15-26(16-14-20)17-18-5-3-2-4-6-18/h2-10,20H,11-17H2,1H3,(H,24,27)(H,25,28). The number of nitrogens with one attached hydrogen (secondary N) is 2. The minimum absolute atomic E-state index is 0.0589. The zero-order chi connectivity index (χ0) is 20.5. The molecule has 1 fully saturated rings. The van der Waals surface area contributed by atoms with Gasteiger partial charge in [-0.2, -0.15) is 0 Å². The van der Waals surface area contributed by atoms with Gasteiger partial charge in [0.05, 0.1) is 7.11 Å². The first-order valence-electron chi connectivity index (χ1n) is 10.1. The molecule has 6 heteroatoms. The second-order valence-electron chi connectivity index (χ2n) is 7.38. The normalized spacial score (nSPS) is 14.9. The highest BCUT2D eigenvalue weighted by atomic mass is 16.5. The Morgan fingerprint density at radius 1 is 0.966 bits per heavy atom. The van der Waals surface area contributed by atoms with E-state index in [0.717, 1.165) is 38.2 Å². The van der Waals surface area contributed by atoms with E-state index in [9.17, 15) is 9.59 Å². The van der Waals surface area contributed by atoms with Gasteiger partial charge in [-0.3, -0.25) is 14.5 Å². The number of hydrogen-bond donors (Lipinski definition) is 2. The van der Waals surface area contributed by atoms with Crippen molar-refractivity contribution >= 4 is 17.5 Å². The van der Waals surface area contributed by atoms with Gasteiger partial charge in [0.1, 0.15) is 5.75 Å². The van der Waals surface area contributed by atoms with Gasteiger partial charge in [0.25, 0.3) is 0 Å². The quantitative estimate of drug-likeness (QED) is 0.720. The third-order valence-corrected chi connectivity index (χ3v) is 5.15. The molecule has 29 heavy (non-hydrogen) atoms. The SMILES string of the molecule is COc1ccc(NC(=O)CCC(=O)NC2CCN(Cc3ccccc3)CC2)cc1. The van der Waals surface area contributed by atoms with Crippen LogP contribution in [-0.4, -0.2) is 43.0 Å². The number of hydrogen-bond acceptors (Lipinski definition) is 4. The number of nitrogens with zero attached hydrogens (tertiary/aromatic N) is 1. The number of ether oxygens (including phenoxy) is 1. The lowest BCUT2D eigenvalue weighted by molar-refractivity contribution is -0.125. The molecule has 0 spiro atoms. The molecule has 1 aliphatic heterocycles. The Bertz CT molecular complexity index is 785. The third kappa shape index (κ3) is 6.91. The Hall–Kier alpha value is -2.86. The second-order valence-corrected chi connectivity index (χ2v) is 7.38. The molecule has 0 saturated carbocycles. The van der Waals surface area contributed by atoms with Gasteiger partial charge in [-0.15, -0.1) is 0 Å². The van der Waals surface area contributed by atoms with Crippen LogP contribution in [0.3, 0.4) is 0 Å². The molecule has 0 bridgehead atoms. The molecule has 1 saturated heterocycles. The number of carbonyl (C=O) groups is 2. The number of piperidine rings is 1. The Labute approximate surface area is 172 Å². The van der Waals surface area contributed by atoms with E-state index in [1.807, 2.05) is 6.07 Å². The average Bonchev–Trinajstić information content (AvgIpc) is 2.75. The fourth-order valence-corrected chi connectivity index (χ4v) is 3.50. The van der Waals surface area contributed by atoms with Crippen LogP contribution in [0.15, 0.2) is 54.6 Å². The molecule has 154 valence electrons. The molecule has 2 aromatic rings. The lowest BCUT2D eigenvalue weighted by Crippen LogP contribution is -2.44. The van der Waals surface area contributed by atoms with Crippen LogP contribution < -0.4 is 15.4 Å². The number of carbonyl (C=O) groups excluding carboxylic acids is 2. The van der Waals surface area contributed by atoms with E-state index in [0.29, 0.717) is 5.69 Å². The van der Waals surface area contributed by atoms with Crippen molar-refractivity contribution in [1.29, 1.82) is 0 Å². The van der Waals surface area contributed by atoms with Gasteiger partial charge in [0.2, 0.25) is 11.8 Å². The summed E-state index contributed by atoms with van der Waals surface area (Å²) in [6.45, 7) is 2.89. The van der Waals surface area contributed by atoms with Gasteiger partial charge < -0.3 is 15.4 Å². The van der Waals surface area contributed by atoms with Crippen molar-refractivity contribution in [3.8, 4) is 5.75 Å². The summed E-state index contributed by atoms with van der Waals surface area (Å²) in [5.74, 6) is 0.511. The van der Waals surface area contributed by atoms with Crippen molar-refractivity contribution in [1.82, 2.24) is 10.2 Å². The number of likely N-dealkylation sites (tertiary alicyclic amines) is 1. The topological polar surface area (TPSA) is 70.7 Å². The maximum atomic E-state index is 12.2. The van der Waals surface area contributed by atoms with E-state index in [-0.39, 0.29) is 30.7 Å². The van der Waals surface area contributed by atoms with Crippen molar-refractivity contribution < 1.29 is 14.3 Å². The van der Waals surface area contributed by atoms with Crippen LogP contribution in [0.25, 0.3) is 0 Å². The van der Waals surface area contributed by atoms with Crippen LogP contribution in [0.5, 0.6) is 5.75 Å². The average molecular weight is 396 g/mol. The van der Waals surface area contributed by atoms with Crippen LogP contribution in [0.4, 0.5) is 5.69 Å². The molecule has 2 N–H and O–H groups in total. The highest BCUT2D eigenvalue weighted by Gasteiger charge is 2.21. The lowest BCUT2D eigenvalue weighted by Gasteiger charge is -2.32. The number of anilines is 1. The van der Waals surface area contributed by atoms with E-state index in [1.54, 1.807) is 31.4 Å². The molecule has 6 nitrogen and oxygen atoms in total. The second kappa shape index (κ2) is 10.6. The van der Waals surface area contributed by atoms with Crippen molar-refractivity contribution in [3.63, 3.8) is 0 Å². The van der Waals surface area contributed by atoms with E-state index in [4.69, 9.17) is 4.74 Å². The maximum absolute atomic E-state index is 12.2. The molecule has 0 atom stereocenters. The summed E-state index contributed by atoms with van der Waals surface area (Å²) >= 11 is 0. The predicted octanol–water partition coefficient (Wildman–Crippen LogP) is 3.19. The van der Waals surface area contributed by atoms with Crippen LogP contribution in [-0.2, 0) is 16.1 Å². The molecule has 3 rings (SSSR count). The molecule has 1 aliphatic rings. The largest absolute Gasteiger partial charge is 0.497 e. The Kier molecular flexibility index (Phi) is 7.64. The monoisotopic (exact) mass is 395 g/mol. The van der Waals surface area contributed by atoms with Crippen molar-refractivity contribution in [3.05, 3.63) is 60.2 Å². The molecule has 2 amide bonds. The fraction of sp³-hybridized carbons (Fsp3) is 0.391. The molecule has 1 heterocycles. The van der Waals surface area contributed by atoms with Gasteiger partial charge in [-0.25, -0.2) is 0 Å². The Morgan fingerprint density at radius 3 is 2.28 bits per heavy atom. The zero-order valence-electron chi connectivity index (χ0n) is 16.9. The molecule has 2 aromatic carbocycles. The zero-order valence-corrected chi connectivity index (χ0v) is 16.9. The molecular formula is C23H29N3O3. The first-order chi connectivity index (χ1) is 14.1. The molecule has 0 radical (unpaired) electrons. The highest BCUT2D eigenvalue weighted by Crippen LogP contribution is 2.16. The highest BCUT2D eigenvalue weighted by molar-refractivity contribution is 5.93. The van der Waals surface area contributed by atoms with Crippen LogP contribution >= 0.6 is 0 Å². The summed E-state index contributed by atoms with van der Waals surface area (Å²) in [4.78, 5) is 26.7. The summed E-state index contributed by atoms with van der Waals surface area (Å²) in [6.07, 6.45) is 2.25. The summed E-state index contributed by atoms with van der Waals surface area (Å²) in [7, 11) is 1.60. The minimum atomic E-state index is -0.164.